The second-order valence-corrected chi connectivity index (χ2v) is 4.86. The van der Waals surface area contributed by atoms with E-state index in [1.807, 2.05) is 24.3 Å². The van der Waals surface area contributed by atoms with Crippen LogP contribution in [-0.2, 0) is 17.8 Å². The minimum absolute atomic E-state index is 0.00414. The van der Waals surface area contributed by atoms with Crippen LogP contribution in [0, 0.1) is 0 Å². The summed E-state index contributed by atoms with van der Waals surface area (Å²) in [4.78, 5) is 18.0. The maximum atomic E-state index is 12.1. The molecule has 0 bridgehead atoms. The van der Waals surface area contributed by atoms with Crippen LogP contribution in [-0.4, -0.2) is 38.0 Å². The maximum Gasteiger partial charge on any atom is 0.227 e. The number of aromatic amines is 1. The molecule has 0 aliphatic rings. The number of thiocarbonyl (C=S) groups is 1. The molecule has 1 amide bonds. The number of nitrogens with two attached hydrogens (primary N) is 1. The van der Waals surface area contributed by atoms with Gasteiger partial charge in [-0.15, -0.1) is 0 Å². The molecule has 0 unspecified atom stereocenters. The van der Waals surface area contributed by atoms with E-state index < -0.39 is 0 Å². The molecule has 1 heterocycles. The molecule has 0 saturated carbocycles. The Labute approximate surface area is 122 Å². The standard InChI is InChI=1S/C13H15N5OS/c1-18(7-11-15-8-16-17-11)12(19)6-9-2-4-10(5-3-9)13(14)20/h2-5,8H,6-7H2,1H3,(H2,14,20)(H,15,16,17). The highest BCUT2D eigenvalue weighted by molar-refractivity contribution is 7.80. The van der Waals surface area contributed by atoms with Crippen molar-refractivity contribution in [3.8, 4) is 0 Å². The van der Waals surface area contributed by atoms with E-state index in [4.69, 9.17) is 18.0 Å². The Kier molecular flexibility index (Phi) is 4.41. The molecule has 2 aromatic rings. The second kappa shape index (κ2) is 6.25. The van der Waals surface area contributed by atoms with Gasteiger partial charge in [0.15, 0.2) is 0 Å². The molecule has 0 atom stereocenters. The van der Waals surface area contributed by atoms with Crippen molar-refractivity contribution in [2.45, 2.75) is 13.0 Å². The normalized spacial score (nSPS) is 10.2. The Balaban J connectivity index is 1.95. The van der Waals surface area contributed by atoms with Crippen LogP contribution >= 0.6 is 12.2 Å². The molecule has 3 N–H and O–H groups in total. The summed E-state index contributed by atoms with van der Waals surface area (Å²) in [5, 5.41) is 6.47. The number of carbonyl (C=O) groups excluding carboxylic acids is 1. The molecule has 0 aliphatic heterocycles. The van der Waals surface area contributed by atoms with Crippen LogP contribution in [0.15, 0.2) is 30.6 Å². The molecular weight excluding hydrogens is 274 g/mol. The van der Waals surface area contributed by atoms with Gasteiger partial charge in [0.05, 0.1) is 13.0 Å². The van der Waals surface area contributed by atoms with Crippen LogP contribution in [0.5, 0.6) is 0 Å². The average molecular weight is 289 g/mol. The minimum atomic E-state index is 0.00414. The fourth-order valence-corrected chi connectivity index (χ4v) is 1.85. The van der Waals surface area contributed by atoms with Crippen LogP contribution in [0.2, 0.25) is 0 Å². The number of H-pyrrole nitrogens is 1. The molecule has 1 aromatic heterocycles. The number of carbonyl (C=O) groups is 1. The Morgan fingerprint density at radius 2 is 2.10 bits per heavy atom. The highest BCUT2D eigenvalue weighted by Gasteiger charge is 2.11. The van der Waals surface area contributed by atoms with E-state index in [9.17, 15) is 4.79 Å². The average Bonchev–Trinajstić information content (AvgIpc) is 2.92. The second-order valence-electron chi connectivity index (χ2n) is 4.42. The summed E-state index contributed by atoms with van der Waals surface area (Å²) in [7, 11) is 1.73. The van der Waals surface area contributed by atoms with Crippen LogP contribution < -0.4 is 5.73 Å². The van der Waals surface area contributed by atoms with Crippen molar-refractivity contribution in [2.75, 3.05) is 7.05 Å². The number of nitrogens with one attached hydrogen (secondary N) is 1. The van der Waals surface area contributed by atoms with Gasteiger partial charge in [0.1, 0.15) is 17.1 Å². The Hall–Kier alpha value is -2.28. The molecule has 0 radical (unpaired) electrons. The fraction of sp³-hybridized carbons (Fsp3) is 0.231. The monoisotopic (exact) mass is 289 g/mol. The van der Waals surface area contributed by atoms with E-state index in [2.05, 4.69) is 15.2 Å². The van der Waals surface area contributed by atoms with E-state index in [1.165, 1.54) is 6.33 Å². The summed E-state index contributed by atoms with van der Waals surface area (Å²) in [6.07, 6.45) is 1.74. The fourth-order valence-electron chi connectivity index (χ4n) is 1.72. The summed E-state index contributed by atoms with van der Waals surface area (Å²) in [6.45, 7) is 0.407. The van der Waals surface area contributed by atoms with Gasteiger partial charge >= 0.3 is 0 Å². The molecule has 2 rings (SSSR count). The van der Waals surface area contributed by atoms with E-state index >= 15 is 0 Å². The zero-order chi connectivity index (χ0) is 14.5. The minimum Gasteiger partial charge on any atom is -0.389 e. The first-order valence-electron chi connectivity index (χ1n) is 6.03. The predicted octanol–water partition coefficient (Wildman–Crippen LogP) is 0.640. The van der Waals surface area contributed by atoms with Gasteiger partial charge in [-0.3, -0.25) is 9.89 Å². The molecule has 0 spiro atoms. The SMILES string of the molecule is CN(Cc1ncn[nH]1)C(=O)Cc1ccc(C(N)=S)cc1. The lowest BCUT2D eigenvalue weighted by Crippen LogP contribution is -2.28. The van der Waals surface area contributed by atoms with Crippen LogP contribution in [0.4, 0.5) is 0 Å². The van der Waals surface area contributed by atoms with Crippen molar-refractivity contribution in [1.82, 2.24) is 20.1 Å². The molecule has 0 aliphatic carbocycles. The number of rotatable bonds is 5. The van der Waals surface area contributed by atoms with Crippen LogP contribution in [0.1, 0.15) is 17.0 Å². The quantitative estimate of drug-likeness (QED) is 0.789. The summed E-state index contributed by atoms with van der Waals surface area (Å²) in [5.74, 6) is 0.661. The lowest BCUT2D eigenvalue weighted by molar-refractivity contribution is -0.129. The third kappa shape index (κ3) is 3.61. The van der Waals surface area contributed by atoms with E-state index in [-0.39, 0.29) is 5.91 Å². The lowest BCUT2D eigenvalue weighted by atomic mass is 10.1. The van der Waals surface area contributed by atoms with Gasteiger partial charge in [0, 0.05) is 12.6 Å². The molecule has 1 aromatic carbocycles. The highest BCUT2D eigenvalue weighted by Crippen LogP contribution is 2.07. The van der Waals surface area contributed by atoms with Crippen molar-refractivity contribution in [1.29, 1.82) is 0 Å². The number of nitrogens with zero attached hydrogens (tertiary/aromatic N) is 3. The van der Waals surface area contributed by atoms with Crippen molar-refractivity contribution in [3.63, 3.8) is 0 Å². The number of likely N-dealkylation sites (N-methyl/N-ethyl adjacent to an activating group) is 1. The number of aromatic nitrogens is 3. The third-order valence-corrected chi connectivity index (χ3v) is 3.11. The van der Waals surface area contributed by atoms with Crippen molar-refractivity contribution >= 4 is 23.1 Å². The van der Waals surface area contributed by atoms with E-state index in [0.717, 1.165) is 11.1 Å². The van der Waals surface area contributed by atoms with E-state index in [0.29, 0.717) is 23.8 Å². The third-order valence-electron chi connectivity index (χ3n) is 2.87. The first-order valence-corrected chi connectivity index (χ1v) is 6.44. The Morgan fingerprint density at radius 3 is 2.65 bits per heavy atom. The van der Waals surface area contributed by atoms with E-state index in [1.54, 1.807) is 11.9 Å². The zero-order valence-electron chi connectivity index (χ0n) is 11.0. The first kappa shape index (κ1) is 14.1. The summed E-state index contributed by atoms with van der Waals surface area (Å²) < 4.78 is 0. The summed E-state index contributed by atoms with van der Waals surface area (Å²) in [6, 6.07) is 7.35. The first-order chi connectivity index (χ1) is 9.56. The predicted molar refractivity (Wildman–Crippen MR) is 78.9 cm³/mol. The van der Waals surface area contributed by atoms with Crippen LogP contribution in [0.3, 0.4) is 0 Å². The maximum absolute atomic E-state index is 12.1. The number of hydrogen-bond acceptors (Lipinski definition) is 4. The lowest BCUT2D eigenvalue weighted by Gasteiger charge is -2.15. The highest BCUT2D eigenvalue weighted by atomic mass is 32.1. The van der Waals surface area contributed by atoms with Gasteiger partial charge < -0.3 is 10.6 Å². The molecule has 0 saturated heterocycles. The molecule has 104 valence electrons. The van der Waals surface area contributed by atoms with Crippen molar-refractivity contribution in [2.24, 2.45) is 5.73 Å². The van der Waals surface area contributed by atoms with Crippen molar-refractivity contribution in [3.05, 3.63) is 47.5 Å². The van der Waals surface area contributed by atoms with Gasteiger partial charge in [-0.25, -0.2) is 4.98 Å². The largest absolute Gasteiger partial charge is 0.389 e. The Morgan fingerprint density at radius 1 is 1.40 bits per heavy atom. The van der Waals surface area contributed by atoms with Gasteiger partial charge in [0.2, 0.25) is 5.91 Å². The molecule has 6 nitrogen and oxygen atoms in total. The Bertz CT molecular complexity index is 594. The number of hydrogen-bond donors (Lipinski definition) is 2. The molecular formula is C13H15N5OS. The molecule has 7 heteroatoms. The van der Waals surface area contributed by atoms with Gasteiger partial charge in [-0.1, -0.05) is 36.5 Å². The summed E-state index contributed by atoms with van der Waals surface area (Å²) >= 11 is 4.89. The number of amides is 1. The summed E-state index contributed by atoms with van der Waals surface area (Å²) in [5.41, 5.74) is 7.24. The van der Waals surface area contributed by atoms with Gasteiger partial charge in [-0.05, 0) is 5.56 Å². The smallest absolute Gasteiger partial charge is 0.227 e. The number of benzene rings is 1. The van der Waals surface area contributed by atoms with Gasteiger partial charge in [-0.2, -0.15) is 5.10 Å². The molecule has 0 fully saturated rings. The van der Waals surface area contributed by atoms with Gasteiger partial charge in [0.25, 0.3) is 0 Å². The zero-order valence-corrected chi connectivity index (χ0v) is 11.9. The van der Waals surface area contributed by atoms with Crippen molar-refractivity contribution < 1.29 is 4.79 Å². The molecule has 20 heavy (non-hydrogen) atoms. The van der Waals surface area contributed by atoms with Crippen LogP contribution in [0.25, 0.3) is 0 Å². The topological polar surface area (TPSA) is 87.9 Å².